The summed E-state index contributed by atoms with van der Waals surface area (Å²) in [5, 5.41) is 10.7. The quantitative estimate of drug-likeness (QED) is 0.577. The van der Waals surface area contributed by atoms with Crippen LogP contribution in [0.2, 0.25) is 0 Å². The van der Waals surface area contributed by atoms with Gasteiger partial charge in [0.05, 0.1) is 0 Å². The number of ether oxygens (including phenoxy) is 2. The second-order valence-electron chi connectivity index (χ2n) is 2.95. The lowest BCUT2D eigenvalue weighted by atomic mass is 10.3. The molecule has 0 aromatic carbocycles. The van der Waals surface area contributed by atoms with Crippen molar-refractivity contribution in [3.05, 3.63) is 20.3 Å². The topological polar surface area (TPSA) is 74.5 Å². The van der Waals surface area contributed by atoms with E-state index in [9.17, 15) is 10.1 Å². The van der Waals surface area contributed by atoms with Crippen molar-refractivity contribution in [3.63, 3.8) is 0 Å². The van der Waals surface area contributed by atoms with Crippen LogP contribution in [0.3, 0.4) is 0 Å². The van der Waals surface area contributed by atoms with Crippen molar-refractivity contribution in [1.29, 1.82) is 0 Å². The smallest absolute Gasteiger partial charge is 0.382 e. The maximum atomic E-state index is 10.7. The molecule has 1 aliphatic heterocycles. The van der Waals surface area contributed by atoms with E-state index < -0.39 is 4.92 Å². The highest BCUT2D eigenvalue weighted by atomic mass is 79.9. The molecule has 2 heterocycles. The zero-order chi connectivity index (χ0) is 11.0. The number of pyridine rings is 1. The fourth-order valence-electron chi connectivity index (χ4n) is 1.33. The maximum Gasteiger partial charge on any atom is 0.382 e. The van der Waals surface area contributed by atoms with Crippen molar-refractivity contribution >= 4 is 21.7 Å². The average molecular weight is 275 g/mol. The standard InChI is InChI=1S/C8H7BrN2O4/c1-4-6-7(15-3-2-14-6)5(9)8(10-4)11(12)13/h2-3H2,1H3. The van der Waals surface area contributed by atoms with Gasteiger partial charge in [-0.05, 0) is 25.8 Å². The van der Waals surface area contributed by atoms with E-state index >= 15 is 0 Å². The monoisotopic (exact) mass is 274 g/mol. The van der Waals surface area contributed by atoms with Crippen molar-refractivity contribution in [3.8, 4) is 11.5 Å². The molecule has 6 nitrogen and oxygen atoms in total. The van der Waals surface area contributed by atoms with Gasteiger partial charge in [0, 0.05) is 6.92 Å². The summed E-state index contributed by atoms with van der Waals surface area (Å²) in [4.78, 5) is 14.0. The average Bonchev–Trinajstić information content (AvgIpc) is 2.23. The largest absolute Gasteiger partial charge is 0.485 e. The van der Waals surface area contributed by atoms with Crippen LogP contribution >= 0.6 is 15.9 Å². The molecule has 0 atom stereocenters. The molecule has 0 fully saturated rings. The first-order valence-corrected chi connectivity index (χ1v) is 5.00. The minimum atomic E-state index is -0.560. The third-order valence-corrected chi connectivity index (χ3v) is 2.67. The number of rotatable bonds is 1. The minimum absolute atomic E-state index is 0.229. The van der Waals surface area contributed by atoms with Gasteiger partial charge in [-0.2, -0.15) is 0 Å². The van der Waals surface area contributed by atoms with Gasteiger partial charge in [0.25, 0.3) is 0 Å². The highest BCUT2D eigenvalue weighted by Gasteiger charge is 2.28. The Morgan fingerprint density at radius 1 is 1.40 bits per heavy atom. The summed E-state index contributed by atoms with van der Waals surface area (Å²) in [7, 11) is 0. The third-order valence-electron chi connectivity index (χ3n) is 1.95. The molecule has 7 heteroatoms. The zero-order valence-corrected chi connectivity index (χ0v) is 9.41. The summed E-state index contributed by atoms with van der Waals surface area (Å²) in [5.74, 6) is 0.580. The molecule has 0 amide bonds. The van der Waals surface area contributed by atoms with Gasteiger partial charge < -0.3 is 19.6 Å². The lowest BCUT2D eigenvalue weighted by Gasteiger charge is -2.18. The Labute approximate surface area is 93.5 Å². The third kappa shape index (κ3) is 1.63. The summed E-state index contributed by atoms with van der Waals surface area (Å²) in [5.41, 5.74) is 0.458. The first kappa shape index (κ1) is 10.2. The summed E-state index contributed by atoms with van der Waals surface area (Å²) in [6.07, 6.45) is 0. The van der Waals surface area contributed by atoms with Crippen molar-refractivity contribution in [2.24, 2.45) is 0 Å². The van der Waals surface area contributed by atoms with E-state index in [1.807, 2.05) is 0 Å². The van der Waals surface area contributed by atoms with Crippen LogP contribution in [0, 0.1) is 17.0 Å². The Kier molecular flexibility index (Phi) is 2.47. The Morgan fingerprint density at radius 3 is 2.60 bits per heavy atom. The molecule has 0 bridgehead atoms. The van der Waals surface area contributed by atoms with Crippen molar-refractivity contribution in [2.75, 3.05) is 13.2 Å². The Hall–Kier alpha value is -1.37. The van der Waals surface area contributed by atoms with Crippen LogP contribution in [0.15, 0.2) is 4.47 Å². The Balaban J connectivity index is 2.64. The lowest BCUT2D eigenvalue weighted by Crippen LogP contribution is -2.17. The second kappa shape index (κ2) is 3.65. The van der Waals surface area contributed by atoms with Gasteiger partial charge >= 0.3 is 5.82 Å². The predicted molar refractivity (Wildman–Crippen MR) is 54.3 cm³/mol. The van der Waals surface area contributed by atoms with Crippen molar-refractivity contribution < 1.29 is 14.4 Å². The lowest BCUT2D eigenvalue weighted by molar-refractivity contribution is -0.390. The first-order valence-electron chi connectivity index (χ1n) is 4.21. The van der Waals surface area contributed by atoms with Gasteiger partial charge in [-0.3, -0.25) is 0 Å². The van der Waals surface area contributed by atoms with Crippen molar-refractivity contribution in [2.45, 2.75) is 6.92 Å². The number of halogens is 1. The molecule has 2 rings (SSSR count). The first-order chi connectivity index (χ1) is 7.11. The van der Waals surface area contributed by atoms with Crippen LogP contribution in [0.4, 0.5) is 5.82 Å². The molecular formula is C8H7BrN2O4. The van der Waals surface area contributed by atoms with Crippen LogP contribution < -0.4 is 9.47 Å². The minimum Gasteiger partial charge on any atom is -0.485 e. The van der Waals surface area contributed by atoms with Crippen LogP contribution in [0.25, 0.3) is 0 Å². The van der Waals surface area contributed by atoms with Crippen LogP contribution in [-0.2, 0) is 0 Å². The molecule has 0 N–H and O–H groups in total. The normalized spacial score (nSPS) is 13.7. The van der Waals surface area contributed by atoms with E-state index in [4.69, 9.17) is 9.47 Å². The Bertz CT molecular complexity index is 435. The fourth-order valence-corrected chi connectivity index (χ4v) is 1.86. The number of fused-ring (bicyclic) bond motifs is 1. The molecule has 0 radical (unpaired) electrons. The molecule has 80 valence electrons. The Morgan fingerprint density at radius 2 is 2.00 bits per heavy atom. The number of nitrogens with zero attached hydrogens (tertiary/aromatic N) is 2. The van der Waals surface area contributed by atoms with Gasteiger partial charge in [0.15, 0.2) is 15.9 Å². The number of aryl methyl sites for hydroxylation is 1. The van der Waals surface area contributed by atoms with E-state index in [2.05, 4.69) is 20.9 Å². The summed E-state index contributed by atoms with van der Waals surface area (Å²) < 4.78 is 10.9. The number of hydrogen-bond acceptors (Lipinski definition) is 5. The molecule has 1 aliphatic rings. The molecular weight excluding hydrogens is 268 g/mol. The highest BCUT2D eigenvalue weighted by Crippen LogP contribution is 2.43. The molecule has 1 aromatic heterocycles. The van der Waals surface area contributed by atoms with E-state index in [-0.39, 0.29) is 10.3 Å². The van der Waals surface area contributed by atoms with Gasteiger partial charge in [-0.25, -0.2) is 0 Å². The van der Waals surface area contributed by atoms with Gasteiger partial charge in [-0.15, -0.1) is 0 Å². The molecule has 0 aliphatic carbocycles. The SMILES string of the molecule is Cc1nc([N+](=O)[O-])c(Br)c2c1OCCO2. The van der Waals surface area contributed by atoms with E-state index in [1.165, 1.54) is 0 Å². The number of nitro groups is 1. The predicted octanol–water partition coefficient (Wildman–Crippen LogP) is 1.83. The van der Waals surface area contributed by atoms with E-state index in [0.29, 0.717) is 30.4 Å². The second-order valence-corrected chi connectivity index (χ2v) is 3.74. The number of hydrogen-bond donors (Lipinski definition) is 0. The highest BCUT2D eigenvalue weighted by molar-refractivity contribution is 9.10. The summed E-state index contributed by atoms with van der Waals surface area (Å²) in [6.45, 7) is 2.46. The van der Waals surface area contributed by atoms with Gasteiger partial charge in [-0.1, -0.05) is 0 Å². The molecule has 0 saturated carbocycles. The van der Waals surface area contributed by atoms with Crippen LogP contribution in [0.1, 0.15) is 5.69 Å². The molecule has 0 unspecified atom stereocenters. The van der Waals surface area contributed by atoms with Gasteiger partial charge in [0.2, 0.25) is 5.75 Å². The summed E-state index contributed by atoms with van der Waals surface area (Å²) >= 11 is 3.09. The van der Waals surface area contributed by atoms with Crippen LogP contribution in [0.5, 0.6) is 11.5 Å². The van der Waals surface area contributed by atoms with E-state index in [0.717, 1.165) is 0 Å². The van der Waals surface area contributed by atoms with Crippen LogP contribution in [-0.4, -0.2) is 23.1 Å². The molecule has 15 heavy (non-hydrogen) atoms. The molecule has 1 aromatic rings. The van der Waals surface area contributed by atoms with Crippen molar-refractivity contribution in [1.82, 2.24) is 4.98 Å². The van der Waals surface area contributed by atoms with Gasteiger partial charge in [0.1, 0.15) is 13.2 Å². The molecule has 0 spiro atoms. The summed E-state index contributed by atoms with van der Waals surface area (Å²) in [6, 6.07) is 0. The fraction of sp³-hybridized carbons (Fsp3) is 0.375. The number of aromatic nitrogens is 1. The maximum absolute atomic E-state index is 10.7. The van der Waals surface area contributed by atoms with E-state index in [1.54, 1.807) is 6.92 Å². The molecule has 0 saturated heterocycles. The zero-order valence-electron chi connectivity index (χ0n) is 7.82.